The maximum absolute atomic E-state index is 12.1. The van der Waals surface area contributed by atoms with E-state index in [0.29, 0.717) is 23.7 Å². The smallest absolute Gasteiger partial charge is 0.220 e. The first kappa shape index (κ1) is 20.1. The molecule has 4 nitrogen and oxygen atoms in total. The van der Waals surface area contributed by atoms with Crippen LogP contribution in [0.15, 0.2) is 48.5 Å². The summed E-state index contributed by atoms with van der Waals surface area (Å²) in [6.07, 6.45) is 0.481. The van der Waals surface area contributed by atoms with Crippen LogP contribution in [-0.4, -0.2) is 17.8 Å². The van der Waals surface area contributed by atoms with Crippen LogP contribution in [0.3, 0.4) is 0 Å². The Bertz CT molecular complexity index is 741. The van der Waals surface area contributed by atoms with Gasteiger partial charge in [-0.05, 0) is 49.2 Å². The predicted molar refractivity (Wildman–Crippen MR) is 103 cm³/mol. The number of rotatable bonds is 9. The number of hydrogen-bond donors (Lipinski definition) is 1. The lowest BCUT2D eigenvalue weighted by Gasteiger charge is -2.13. The van der Waals surface area contributed by atoms with E-state index in [1.807, 2.05) is 38.1 Å². The van der Waals surface area contributed by atoms with Crippen LogP contribution < -0.4 is 5.32 Å². The molecule has 0 radical (unpaired) electrons. The molecule has 5 heteroatoms. The Kier molecular flexibility index (Phi) is 7.82. The maximum atomic E-state index is 12.1. The molecule has 138 valence electrons. The molecule has 0 aliphatic heterocycles. The van der Waals surface area contributed by atoms with Crippen molar-refractivity contribution in [3.05, 3.63) is 70.2 Å². The molecule has 0 saturated heterocycles. The van der Waals surface area contributed by atoms with Crippen molar-refractivity contribution in [1.29, 1.82) is 0 Å². The number of Topliss-reactive ketones (excluding diaryl/α,β-unsaturated/α-hetero) is 1. The van der Waals surface area contributed by atoms with Gasteiger partial charge >= 0.3 is 0 Å². The van der Waals surface area contributed by atoms with Gasteiger partial charge in [0.2, 0.25) is 5.91 Å². The Hall–Kier alpha value is -2.17. The zero-order chi connectivity index (χ0) is 18.9. The average molecular weight is 374 g/mol. The molecule has 0 saturated carbocycles. The lowest BCUT2D eigenvalue weighted by molar-refractivity contribution is -0.121. The highest BCUT2D eigenvalue weighted by atomic mass is 35.5. The quantitative estimate of drug-likeness (QED) is 0.656. The van der Waals surface area contributed by atoms with Crippen LogP contribution in [0.1, 0.15) is 48.2 Å². The van der Waals surface area contributed by atoms with Crippen molar-refractivity contribution in [2.75, 3.05) is 0 Å². The first-order chi connectivity index (χ1) is 12.5. The Balaban J connectivity index is 1.81. The van der Waals surface area contributed by atoms with Crippen molar-refractivity contribution < 1.29 is 14.3 Å². The topological polar surface area (TPSA) is 55.4 Å². The number of nitrogens with one attached hydrogen (secondary N) is 1. The Morgan fingerprint density at radius 3 is 2.31 bits per heavy atom. The summed E-state index contributed by atoms with van der Waals surface area (Å²) in [6, 6.07) is 14.5. The summed E-state index contributed by atoms with van der Waals surface area (Å²) in [5.41, 5.74) is 2.64. The van der Waals surface area contributed by atoms with Gasteiger partial charge in [-0.1, -0.05) is 35.9 Å². The average Bonchev–Trinajstić information content (AvgIpc) is 2.63. The normalized spacial score (nSPS) is 10.8. The minimum absolute atomic E-state index is 0.0671. The monoisotopic (exact) mass is 373 g/mol. The van der Waals surface area contributed by atoms with Gasteiger partial charge in [-0.3, -0.25) is 9.59 Å². The highest BCUT2D eigenvalue weighted by molar-refractivity contribution is 6.30. The second kappa shape index (κ2) is 10.1. The molecule has 0 bridgehead atoms. The fourth-order valence-electron chi connectivity index (χ4n) is 2.42. The fraction of sp³-hybridized carbons (Fsp3) is 0.333. The molecule has 0 unspecified atom stereocenters. The molecular weight excluding hydrogens is 350 g/mol. The van der Waals surface area contributed by atoms with Gasteiger partial charge in [-0.25, -0.2) is 0 Å². The number of carbonyl (C=O) groups is 2. The molecule has 2 aromatic carbocycles. The molecular formula is C21H24ClNO3. The molecule has 2 aromatic rings. The van der Waals surface area contributed by atoms with E-state index >= 15 is 0 Å². The number of amides is 1. The molecule has 0 heterocycles. The molecule has 1 amide bonds. The van der Waals surface area contributed by atoms with Crippen LogP contribution in [0, 0.1) is 0 Å². The third-order valence-electron chi connectivity index (χ3n) is 3.91. The van der Waals surface area contributed by atoms with Gasteiger partial charge in [0.15, 0.2) is 5.78 Å². The van der Waals surface area contributed by atoms with Crippen molar-refractivity contribution in [3.8, 4) is 0 Å². The lowest BCUT2D eigenvalue weighted by atomic mass is 10.1. The number of benzene rings is 2. The van der Waals surface area contributed by atoms with Crippen molar-refractivity contribution in [1.82, 2.24) is 5.32 Å². The summed E-state index contributed by atoms with van der Waals surface area (Å²) >= 11 is 5.81. The standard InChI is InChI=1S/C21H24ClNO3/c1-15(2)26-14-18-6-4-3-5-17(18)13-23-21(25)12-11-20(24)16-7-9-19(22)10-8-16/h3-10,15H,11-14H2,1-2H3,(H,23,25). The van der Waals surface area contributed by atoms with Gasteiger partial charge in [-0.15, -0.1) is 0 Å². The zero-order valence-electron chi connectivity index (χ0n) is 15.1. The summed E-state index contributed by atoms with van der Waals surface area (Å²) in [7, 11) is 0. The zero-order valence-corrected chi connectivity index (χ0v) is 15.9. The van der Waals surface area contributed by atoms with E-state index in [4.69, 9.17) is 16.3 Å². The van der Waals surface area contributed by atoms with Crippen molar-refractivity contribution in [2.24, 2.45) is 0 Å². The number of halogens is 1. The van der Waals surface area contributed by atoms with Crippen molar-refractivity contribution in [2.45, 2.75) is 45.9 Å². The summed E-state index contributed by atoms with van der Waals surface area (Å²) < 4.78 is 5.64. The highest BCUT2D eigenvalue weighted by Crippen LogP contribution is 2.13. The Morgan fingerprint density at radius 2 is 1.65 bits per heavy atom. The second-order valence-electron chi connectivity index (χ2n) is 6.34. The fourth-order valence-corrected chi connectivity index (χ4v) is 2.54. The molecule has 0 aliphatic rings. The number of hydrogen-bond acceptors (Lipinski definition) is 3. The number of ether oxygens (including phenoxy) is 1. The van der Waals surface area contributed by atoms with Crippen LogP contribution in [0.4, 0.5) is 0 Å². The van der Waals surface area contributed by atoms with E-state index in [1.165, 1.54) is 0 Å². The van der Waals surface area contributed by atoms with E-state index in [1.54, 1.807) is 24.3 Å². The molecule has 0 aromatic heterocycles. The first-order valence-electron chi connectivity index (χ1n) is 8.69. The predicted octanol–water partition coefficient (Wildman–Crippen LogP) is 4.54. The van der Waals surface area contributed by atoms with E-state index in [-0.39, 0.29) is 30.6 Å². The van der Waals surface area contributed by atoms with Gasteiger partial charge in [0.05, 0.1) is 12.7 Å². The summed E-state index contributed by atoms with van der Waals surface area (Å²) in [6.45, 7) is 4.91. The summed E-state index contributed by atoms with van der Waals surface area (Å²) in [4.78, 5) is 24.2. The maximum Gasteiger partial charge on any atom is 0.220 e. The number of carbonyl (C=O) groups excluding carboxylic acids is 2. The van der Waals surface area contributed by atoms with E-state index in [0.717, 1.165) is 11.1 Å². The first-order valence-corrected chi connectivity index (χ1v) is 9.07. The molecule has 26 heavy (non-hydrogen) atoms. The molecule has 0 aliphatic carbocycles. The summed E-state index contributed by atoms with van der Waals surface area (Å²) in [5.74, 6) is -0.213. The molecule has 1 N–H and O–H groups in total. The van der Waals surface area contributed by atoms with Crippen LogP contribution in [-0.2, 0) is 22.7 Å². The summed E-state index contributed by atoms with van der Waals surface area (Å²) in [5, 5.41) is 3.46. The minimum Gasteiger partial charge on any atom is -0.374 e. The van der Waals surface area contributed by atoms with Crippen molar-refractivity contribution >= 4 is 23.3 Å². The Morgan fingerprint density at radius 1 is 1.00 bits per heavy atom. The van der Waals surface area contributed by atoms with Crippen LogP contribution in [0.2, 0.25) is 5.02 Å². The molecule has 0 spiro atoms. The number of ketones is 1. The van der Waals surface area contributed by atoms with Crippen LogP contribution >= 0.6 is 11.6 Å². The minimum atomic E-state index is -0.146. The van der Waals surface area contributed by atoms with E-state index < -0.39 is 0 Å². The largest absolute Gasteiger partial charge is 0.374 e. The van der Waals surface area contributed by atoms with E-state index in [9.17, 15) is 9.59 Å². The molecule has 0 atom stereocenters. The van der Waals surface area contributed by atoms with Gasteiger partial charge in [0.25, 0.3) is 0 Å². The van der Waals surface area contributed by atoms with E-state index in [2.05, 4.69) is 5.32 Å². The van der Waals surface area contributed by atoms with Crippen molar-refractivity contribution in [3.63, 3.8) is 0 Å². The highest BCUT2D eigenvalue weighted by Gasteiger charge is 2.10. The van der Waals surface area contributed by atoms with Gasteiger partial charge < -0.3 is 10.1 Å². The van der Waals surface area contributed by atoms with Crippen LogP contribution in [0.5, 0.6) is 0 Å². The Labute approximate surface area is 159 Å². The SMILES string of the molecule is CC(C)OCc1ccccc1CNC(=O)CCC(=O)c1ccc(Cl)cc1. The second-order valence-corrected chi connectivity index (χ2v) is 6.77. The third-order valence-corrected chi connectivity index (χ3v) is 4.16. The van der Waals surface area contributed by atoms with Gasteiger partial charge in [0.1, 0.15) is 0 Å². The van der Waals surface area contributed by atoms with Gasteiger partial charge in [-0.2, -0.15) is 0 Å². The lowest BCUT2D eigenvalue weighted by Crippen LogP contribution is -2.24. The van der Waals surface area contributed by atoms with Gasteiger partial charge in [0, 0.05) is 30.0 Å². The molecule has 0 fully saturated rings. The van der Waals surface area contributed by atoms with Crippen LogP contribution in [0.25, 0.3) is 0 Å². The molecule has 2 rings (SSSR count). The third kappa shape index (κ3) is 6.62.